The molecule has 2 unspecified atom stereocenters. The average molecular weight is 168 g/mol. The van der Waals surface area contributed by atoms with Crippen LogP contribution in [-0.2, 0) is 0 Å². The molecule has 0 spiro atoms. The second-order valence-electron chi connectivity index (χ2n) is 4.78. The van der Waals surface area contributed by atoms with Crippen molar-refractivity contribution in [3.63, 3.8) is 0 Å². The van der Waals surface area contributed by atoms with Crippen LogP contribution >= 0.6 is 0 Å². The topological polar surface area (TPSA) is 15.3 Å². The van der Waals surface area contributed by atoms with Crippen LogP contribution < -0.4 is 5.32 Å². The van der Waals surface area contributed by atoms with Crippen LogP contribution in [0.3, 0.4) is 0 Å². The van der Waals surface area contributed by atoms with Gasteiger partial charge in [-0.25, -0.2) is 0 Å². The standard InChI is InChI=1S/C10H20N2/c1-12(2)7-8-3-9-5-11-6-10(9)4-8/h8-11H,3-7H2,1-2H3. The molecule has 2 nitrogen and oxygen atoms in total. The molecule has 1 aliphatic carbocycles. The van der Waals surface area contributed by atoms with E-state index >= 15 is 0 Å². The van der Waals surface area contributed by atoms with E-state index in [1.54, 1.807) is 0 Å². The first-order valence-corrected chi connectivity index (χ1v) is 5.11. The molecule has 1 aliphatic heterocycles. The van der Waals surface area contributed by atoms with Crippen LogP contribution in [-0.4, -0.2) is 38.6 Å². The number of hydrogen-bond donors (Lipinski definition) is 1. The molecular formula is C10H20N2. The molecule has 1 saturated carbocycles. The zero-order valence-corrected chi connectivity index (χ0v) is 8.21. The molecule has 0 amide bonds. The SMILES string of the molecule is CN(C)CC1CC2CNCC2C1. The molecule has 0 aromatic heterocycles. The quantitative estimate of drug-likeness (QED) is 0.656. The van der Waals surface area contributed by atoms with Crippen molar-refractivity contribution in [3.8, 4) is 0 Å². The molecule has 2 atom stereocenters. The van der Waals surface area contributed by atoms with Gasteiger partial charge in [0.2, 0.25) is 0 Å². The first kappa shape index (κ1) is 8.52. The maximum absolute atomic E-state index is 3.48. The summed E-state index contributed by atoms with van der Waals surface area (Å²) in [5.41, 5.74) is 0. The van der Waals surface area contributed by atoms with Crippen molar-refractivity contribution in [2.75, 3.05) is 33.7 Å². The van der Waals surface area contributed by atoms with E-state index < -0.39 is 0 Å². The molecule has 0 aromatic rings. The van der Waals surface area contributed by atoms with Crippen molar-refractivity contribution >= 4 is 0 Å². The lowest BCUT2D eigenvalue weighted by molar-refractivity contribution is 0.317. The fraction of sp³-hybridized carbons (Fsp3) is 1.00. The molecule has 2 fully saturated rings. The molecule has 1 saturated heterocycles. The maximum atomic E-state index is 3.48. The van der Waals surface area contributed by atoms with Crippen molar-refractivity contribution in [3.05, 3.63) is 0 Å². The highest BCUT2D eigenvalue weighted by molar-refractivity contribution is 4.90. The van der Waals surface area contributed by atoms with Crippen LogP contribution in [0.2, 0.25) is 0 Å². The lowest BCUT2D eigenvalue weighted by atomic mass is 10.0. The van der Waals surface area contributed by atoms with Crippen LogP contribution in [0.25, 0.3) is 0 Å². The smallest absolute Gasteiger partial charge is 0.000378 e. The lowest BCUT2D eigenvalue weighted by Crippen LogP contribution is -2.22. The van der Waals surface area contributed by atoms with Crippen LogP contribution in [0.15, 0.2) is 0 Å². The molecule has 2 heteroatoms. The fourth-order valence-electron chi connectivity index (χ4n) is 2.96. The molecule has 2 aliphatic rings. The molecule has 0 radical (unpaired) electrons. The number of nitrogens with one attached hydrogen (secondary N) is 1. The third-order valence-electron chi connectivity index (χ3n) is 3.38. The maximum Gasteiger partial charge on any atom is 0.000378 e. The van der Waals surface area contributed by atoms with Gasteiger partial charge < -0.3 is 10.2 Å². The van der Waals surface area contributed by atoms with Crippen molar-refractivity contribution in [1.82, 2.24) is 10.2 Å². The summed E-state index contributed by atoms with van der Waals surface area (Å²) in [5.74, 6) is 3.00. The third kappa shape index (κ3) is 1.64. The second-order valence-corrected chi connectivity index (χ2v) is 4.78. The van der Waals surface area contributed by atoms with E-state index in [-0.39, 0.29) is 0 Å². The van der Waals surface area contributed by atoms with Crippen molar-refractivity contribution in [2.45, 2.75) is 12.8 Å². The predicted octanol–water partition coefficient (Wildman–Crippen LogP) is 0.794. The zero-order valence-electron chi connectivity index (χ0n) is 8.21. The highest BCUT2D eigenvalue weighted by Crippen LogP contribution is 2.38. The van der Waals surface area contributed by atoms with Gasteiger partial charge in [0, 0.05) is 6.54 Å². The lowest BCUT2D eigenvalue weighted by Gasteiger charge is -2.16. The van der Waals surface area contributed by atoms with E-state index in [0.29, 0.717) is 0 Å². The summed E-state index contributed by atoms with van der Waals surface area (Å²) in [7, 11) is 4.37. The largest absolute Gasteiger partial charge is 0.316 e. The van der Waals surface area contributed by atoms with Crippen LogP contribution in [0.1, 0.15) is 12.8 Å². The van der Waals surface area contributed by atoms with Gasteiger partial charge in [0.1, 0.15) is 0 Å². The molecule has 1 heterocycles. The summed E-state index contributed by atoms with van der Waals surface area (Å²) < 4.78 is 0. The van der Waals surface area contributed by atoms with Gasteiger partial charge in [0.25, 0.3) is 0 Å². The Kier molecular flexibility index (Phi) is 2.37. The summed E-state index contributed by atoms with van der Waals surface area (Å²) in [5, 5.41) is 3.48. The van der Waals surface area contributed by atoms with Gasteiger partial charge in [0.15, 0.2) is 0 Å². The summed E-state index contributed by atoms with van der Waals surface area (Å²) in [4.78, 5) is 2.33. The predicted molar refractivity (Wildman–Crippen MR) is 51.1 cm³/mol. The number of hydrogen-bond acceptors (Lipinski definition) is 2. The Morgan fingerprint density at radius 1 is 1.17 bits per heavy atom. The first-order valence-electron chi connectivity index (χ1n) is 5.11. The third-order valence-corrected chi connectivity index (χ3v) is 3.38. The van der Waals surface area contributed by atoms with Gasteiger partial charge in [-0.05, 0) is 57.8 Å². The van der Waals surface area contributed by atoms with E-state index in [1.807, 2.05) is 0 Å². The summed E-state index contributed by atoms with van der Waals surface area (Å²) >= 11 is 0. The van der Waals surface area contributed by atoms with Crippen LogP contribution in [0.4, 0.5) is 0 Å². The van der Waals surface area contributed by atoms with E-state index in [2.05, 4.69) is 24.3 Å². The first-order chi connectivity index (χ1) is 5.75. The van der Waals surface area contributed by atoms with Gasteiger partial charge >= 0.3 is 0 Å². The average Bonchev–Trinajstić information content (AvgIpc) is 2.43. The molecule has 0 bridgehead atoms. The van der Waals surface area contributed by atoms with Crippen LogP contribution in [0.5, 0.6) is 0 Å². The van der Waals surface area contributed by atoms with Crippen molar-refractivity contribution in [1.29, 1.82) is 0 Å². The number of rotatable bonds is 2. The van der Waals surface area contributed by atoms with E-state index in [9.17, 15) is 0 Å². The monoisotopic (exact) mass is 168 g/mol. The summed E-state index contributed by atoms with van der Waals surface area (Å²) in [6.07, 6.45) is 2.94. The summed E-state index contributed by atoms with van der Waals surface area (Å²) in [6.45, 7) is 3.87. The molecule has 1 N–H and O–H groups in total. The molecule has 2 rings (SSSR count). The van der Waals surface area contributed by atoms with Gasteiger partial charge in [-0.2, -0.15) is 0 Å². The molecule has 12 heavy (non-hydrogen) atoms. The van der Waals surface area contributed by atoms with Crippen LogP contribution in [0, 0.1) is 17.8 Å². The normalized spacial score (nSPS) is 40.8. The van der Waals surface area contributed by atoms with E-state index in [4.69, 9.17) is 0 Å². The summed E-state index contributed by atoms with van der Waals surface area (Å²) in [6, 6.07) is 0. The Balaban J connectivity index is 1.82. The minimum absolute atomic E-state index is 0.983. The van der Waals surface area contributed by atoms with Crippen molar-refractivity contribution in [2.24, 2.45) is 17.8 Å². The van der Waals surface area contributed by atoms with Gasteiger partial charge in [-0.15, -0.1) is 0 Å². The minimum Gasteiger partial charge on any atom is -0.316 e. The molecule has 0 aromatic carbocycles. The van der Waals surface area contributed by atoms with Gasteiger partial charge in [-0.3, -0.25) is 0 Å². The minimum atomic E-state index is 0.983. The Hall–Kier alpha value is -0.0800. The Morgan fingerprint density at radius 2 is 1.75 bits per heavy atom. The highest BCUT2D eigenvalue weighted by atomic mass is 15.1. The Morgan fingerprint density at radius 3 is 2.25 bits per heavy atom. The Labute approximate surface area is 75.3 Å². The second kappa shape index (κ2) is 3.35. The molecular weight excluding hydrogens is 148 g/mol. The van der Waals surface area contributed by atoms with Gasteiger partial charge in [0.05, 0.1) is 0 Å². The highest BCUT2D eigenvalue weighted by Gasteiger charge is 2.36. The number of nitrogens with zero attached hydrogens (tertiary/aromatic N) is 1. The van der Waals surface area contributed by atoms with E-state index in [0.717, 1.165) is 17.8 Å². The van der Waals surface area contributed by atoms with Gasteiger partial charge in [-0.1, -0.05) is 0 Å². The number of fused-ring (bicyclic) bond motifs is 1. The van der Waals surface area contributed by atoms with Crippen molar-refractivity contribution < 1.29 is 0 Å². The molecule has 70 valence electrons. The Bertz CT molecular complexity index is 144. The zero-order chi connectivity index (χ0) is 8.55. The van der Waals surface area contributed by atoms with E-state index in [1.165, 1.54) is 32.5 Å². The fourth-order valence-corrected chi connectivity index (χ4v) is 2.96.